The van der Waals surface area contributed by atoms with Crippen LogP contribution >= 0.6 is 11.5 Å². The van der Waals surface area contributed by atoms with Crippen LogP contribution < -0.4 is 0 Å². The van der Waals surface area contributed by atoms with Crippen LogP contribution in [0.1, 0.15) is 47.6 Å². The van der Waals surface area contributed by atoms with E-state index < -0.39 is 0 Å². The molecular formula is C13H18N6OS. The summed E-state index contributed by atoms with van der Waals surface area (Å²) in [5.74, 6) is 0.0745. The first kappa shape index (κ1) is 14.1. The monoisotopic (exact) mass is 306 g/mol. The van der Waals surface area contributed by atoms with Gasteiger partial charge in [-0.25, -0.2) is 4.68 Å². The number of amides is 1. The van der Waals surface area contributed by atoms with Crippen LogP contribution in [0.15, 0.2) is 12.4 Å². The van der Waals surface area contributed by atoms with Crippen LogP contribution in [-0.2, 0) is 6.42 Å². The summed E-state index contributed by atoms with van der Waals surface area (Å²) < 4.78 is 5.82. The molecule has 2 aromatic rings. The molecule has 7 nitrogen and oxygen atoms in total. The Kier molecular flexibility index (Phi) is 4.23. The molecule has 0 atom stereocenters. The van der Waals surface area contributed by atoms with Crippen LogP contribution in [0.3, 0.4) is 0 Å². The quantitative estimate of drug-likeness (QED) is 0.856. The summed E-state index contributed by atoms with van der Waals surface area (Å²) in [6, 6.07) is 0.339. The van der Waals surface area contributed by atoms with Crippen molar-refractivity contribution in [3.63, 3.8) is 0 Å². The van der Waals surface area contributed by atoms with Crippen LogP contribution in [0, 0.1) is 0 Å². The third kappa shape index (κ3) is 2.94. The van der Waals surface area contributed by atoms with Crippen LogP contribution in [-0.4, -0.2) is 48.5 Å². The van der Waals surface area contributed by atoms with Gasteiger partial charge in [0.25, 0.3) is 5.91 Å². The van der Waals surface area contributed by atoms with E-state index in [1.54, 1.807) is 6.20 Å². The molecule has 1 fully saturated rings. The number of hydrogen-bond donors (Lipinski definition) is 0. The average molecular weight is 306 g/mol. The first-order valence-corrected chi connectivity index (χ1v) is 8.03. The maximum atomic E-state index is 12.6. The molecule has 0 saturated carbocycles. The lowest BCUT2D eigenvalue weighted by atomic mass is 10.0. The lowest BCUT2D eigenvalue weighted by molar-refractivity contribution is 0.0693. The zero-order chi connectivity index (χ0) is 14.7. The summed E-state index contributed by atoms with van der Waals surface area (Å²) in [5, 5.41) is 12.0. The smallest absolute Gasteiger partial charge is 0.267 e. The number of likely N-dealkylation sites (tertiary alicyclic amines) is 1. The van der Waals surface area contributed by atoms with E-state index in [0.29, 0.717) is 10.9 Å². The average Bonchev–Trinajstić information content (AvgIpc) is 3.19. The Morgan fingerprint density at radius 3 is 2.90 bits per heavy atom. The topological polar surface area (TPSA) is 76.8 Å². The maximum absolute atomic E-state index is 12.6. The largest absolute Gasteiger partial charge is 0.338 e. The number of aryl methyl sites for hydroxylation is 1. The van der Waals surface area contributed by atoms with Gasteiger partial charge in [-0.1, -0.05) is 23.0 Å². The Morgan fingerprint density at radius 2 is 2.24 bits per heavy atom. The van der Waals surface area contributed by atoms with Crippen molar-refractivity contribution >= 4 is 17.4 Å². The van der Waals surface area contributed by atoms with E-state index in [0.717, 1.165) is 44.5 Å². The molecule has 1 amide bonds. The normalized spacial score (nSPS) is 16.3. The van der Waals surface area contributed by atoms with E-state index in [-0.39, 0.29) is 5.91 Å². The molecule has 0 N–H and O–H groups in total. The van der Waals surface area contributed by atoms with Crippen molar-refractivity contribution in [2.45, 2.75) is 38.6 Å². The van der Waals surface area contributed by atoms with Crippen molar-refractivity contribution in [2.24, 2.45) is 0 Å². The molecule has 112 valence electrons. The summed E-state index contributed by atoms with van der Waals surface area (Å²) >= 11 is 1.21. The molecular weight excluding hydrogens is 288 g/mol. The first-order chi connectivity index (χ1) is 10.3. The van der Waals surface area contributed by atoms with Crippen molar-refractivity contribution in [3.8, 4) is 0 Å². The van der Waals surface area contributed by atoms with Crippen LogP contribution in [0.2, 0.25) is 0 Å². The van der Waals surface area contributed by atoms with Crippen molar-refractivity contribution < 1.29 is 4.79 Å². The zero-order valence-corrected chi connectivity index (χ0v) is 12.8. The fourth-order valence-corrected chi connectivity index (χ4v) is 3.34. The number of carbonyl (C=O) groups excluding carboxylic acids is 1. The summed E-state index contributed by atoms with van der Waals surface area (Å²) in [4.78, 5) is 15.2. The minimum Gasteiger partial charge on any atom is -0.338 e. The molecule has 0 unspecified atom stereocenters. The van der Waals surface area contributed by atoms with Crippen LogP contribution in [0.4, 0.5) is 0 Å². The third-order valence-corrected chi connectivity index (χ3v) is 4.56. The second-order valence-electron chi connectivity index (χ2n) is 5.21. The molecule has 2 aromatic heterocycles. The number of hydrogen-bond acceptors (Lipinski definition) is 6. The zero-order valence-electron chi connectivity index (χ0n) is 12.0. The molecule has 3 rings (SSSR count). The van der Waals surface area contributed by atoms with Crippen LogP contribution in [0.25, 0.3) is 0 Å². The van der Waals surface area contributed by atoms with E-state index >= 15 is 0 Å². The van der Waals surface area contributed by atoms with Gasteiger partial charge in [-0.05, 0) is 30.8 Å². The van der Waals surface area contributed by atoms with E-state index in [4.69, 9.17) is 0 Å². The highest BCUT2D eigenvalue weighted by atomic mass is 32.1. The Morgan fingerprint density at radius 1 is 1.43 bits per heavy atom. The summed E-state index contributed by atoms with van der Waals surface area (Å²) in [5.41, 5.74) is 0.839. The molecule has 1 aliphatic heterocycles. The lowest BCUT2D eigenvalue weighted by Gasteiger charge is -2.31. The highest BCUT2D eigenvalue weighted by Gasteiger charge is 2.27. The van der Waals surface area contributed by atoms with Gasteiger partial charge in [-0.15, -0.1) is 10.2 Å². The van der Waals surface area contributed by atoms with Gasteiger partial charge < -0.3 is 4.90 Å². The molecule has 0 spiro atoms. The number of carbonyl (C=O) groups is 1. The Bertz CT molecular complexity index is 588. The Labute approximate surface area is 127 Å². The molecule has 0 bridgehead atoms. The van der Waals surface area contributed by atoms with Gasteiger partial charge in [0.05, 0.1) is 17.9 Å². The standard InChI is InChI=1S/C13H18N6OS/c1-2-3-11-12(21-17-15-11)13(20)18-7-4-10(5-8-18)19-9-6-14-16-19/h6,9-10H,2-5,7-8H2,1H3. The molecule has 21 heavy (non-hydrogen) atoms. The fraction of sp³-hybridized carbons (Fsp3) is 0.615. The predicted octanol–water partition coefficient (Wildman–Crippen LogP) is 1.56. The highest BCUT2D eigenvalue weighted by molar-refractivity contribution is 7.08. The van der Waals surface area contributed by atoms with Gasteiger partial charge in [0.2, 0.25) is 0 Å². The number of aromatic nitrogens is 5. The van der Waals surface area contributed by atoms with E-state index in [1.807, 2.05) is 15.8 Å². The van der Waals surface area contributed by atoms with Gasteiger partial charge in [-0.3, -0.25) is 4.79 Å². The van der Waals surface area contributed by atoms with Gasteiger partial charge in [-0.2, -0.15) is 0 Å². The minimum atomic E-state index is 0.0745. The van der Waals surface area contributed by atoms with Gasteiger partial charge >= 0.3 is 0 Å². The molecule has 0 aromatic carbocycles. The maximum Gasteiger partial charge on any atom is 0.267 e. The lowest BCUT2D eigenvalue weighted by Crippen LogP contribution is -2.39. The SMILES string of the molecule is CCCc1nnsc1C(=O)N1CCC(n2ccnn2)CC1. The van der Waals surface area contributed by atoms with Crippen LogP contribution in [0.5, 0.6) is 0 Å². The second-order valence-corrected chi connectivity index (χ2v) is 5.96. The van der Waals surface area contributed by atoms with Crippen molar-refractivity contribution in [2.75, 3.05) is 13.1 Å². The summed E-state index contributed by atoms with van der Waals surface area (Å²) in [6.45, 7) is 3.57. The van der Waals surface area contributed by atoms with Gasteiger partial charge in [0.1, 0.15) is 4.88 Å². The van der Waals surface area contributed by atoms with Crippen molar-refractivity contribution in [3.05, 3.63) is 23.0 Å². The Balaban J connectivity index is 1.63. The highest BCUT2D eigenvalue weighted by Crippen LogP contribution is 2.24. The van der Waals surface area contributed by atoms with Crippen molar-refractivity contribution in [1.29, 1.82) is 0 Å². The predicted molar refractivity (Wildman–Crippen MR) is 78.1 cm³/mol. The van der Waals surface area contributed by atoms with Gasteiger partial charge in [0.15, 0.2) is 0 Å². The first-order valence-electron chi connectivity index (χ1n) is 7.26. The number of rotatable bonds is 4. The Hall–Kier alpha value is -1.83. The summed E-state index contributed by atoms with van der Waals surface area (Å²) in [6.07, 6.45) is 7.17. The second kappa shape index (κ2) is 6.30. The number of nitrogens with zero attached hydrogens (tertiary/aromatic N) is 6. The summed E-state index contributed by atoms with van der Waals surface area (Å²) in [7, 11) is 0. The molecule has 3 heterocycles. The van der Waals surface area contributed by atoms with E-state index in [9.17, 15) is 4.79 Å². The third-order valence-electron chi connectivity index (χ3n) is 3.80. The van der Waals surface area contributed by atoms with E-state index in [1.165, 1.54) is 11.5 Å². The molecule has 0 aliphatic carbocycles. The molecule has 0 radical (unpaired) electrons. The van der Waals surface area contributed by atoms with Gasteiger partial charge in [0, 0.05) is 19.3 Å². The van der Waals surface area contributed by atoms with Crippen molar-refractivity contribution in [1.82, 2.24) is 29.5 Å². The molecule has 1 saturated heterocycles. The molecule has 8 heteroatoms. The minimum absolute atomic E-state index is 0.0745. The molecule has 1 aliphatic rings. The fourth-order valence-electron chi connectivity index (χ4n) is 2.66. The number of piperidine rings is 1. The van der Waals surface area contributed by atoms with E-state index in [2.05, 4.69) is 26.8 Å².